The van der Waals surface area contributed by atoms with Crippen LogP contribution in [0.4, 0.5) is 11.4 Å². The van der Waals surface area contributed by atoms with E-state index in [9.17, 15) is 23.4 Å². The molecule has 162 valence electrons. The number of nitrogens with zero attached hydrogens (tertiary/aromatic N) is 2. The van der Waals surface area contributed by atoms with Crippen LogP contribution >= 0.6 is 0 Å². The number of benzene rings is 3. The van der Waals surface area contributed by atoms with Crippen molar-refractivity contribution >= 4 is 27.3 Å². The Kier molecular flexibility index (Phi) is 5.74. The van der Waals surface area contributed by atoms with Gasteiger partial charge in [-0.3, -0.25) is 9.52 Å². The highest BCUT2D eigenvalue weighted by atomic mass is 32.2. The van der Waals surface area contributed by atoms with E-state index in [1.807, 2.05) is 12.2 Å². The SMILES string of the molecule is O=C(N=Nc1cc(NS(=O)(=O)c2ccccc2)c2c(c1O)CC=CC2)c1ccccc1O. The van der Waals surface area contributed by atoms with Crippen LogP contribution in [0, 0.1) is 0 Å². The summed E-state index contributed by atoms with van der Waals surface area (Å²) in [5.41, 5.74) is 1.27. The number of phenolic OH excluding ortho intramolecular Hbond substituents is 2. The molecular weight excluding hydrogens is 430 g/mol. The van der Waals surface area contributed by atoms with Crippen LogP contribution in [0.3, 0.4) is 0 Å². The Morgan fingerprint density at radius 1 is 0.906 bits per heavy atom. The molecule has 0 aliphatic heterocycles. The fourth-order valence-corrected chi connectivity index (χ4v) is 4.49. The lowest BCUT2D eigenvalue weighted by molar-refractivity contribution is 0.0992. The van der Waals surface area contributed by atoms with Gasteiger partial charge in [0.1, 0.15) is 17.2 Å². The average molecular weight is 449 g/mol. The number of rotatable bonds is 5. The normalized spacial score (nSPS) is 13.1. The molecule has 1 aliphatic rings. The molecule has 1 aliphatic carbocycles. The first-order valence-electron chi connectivity index (χ1n) is 9.71. The average Bonchev–Trinajstić information content (AvgIpc) is 2.80. The first-order chi connectivity index (χ1) is 15.4. The number of allylic oxidation sites excluding steroid dienone is 2. The van der Waals surface area contributed by atoms with Crippen molar-refractivity contribution in [2.24, 2.45) is 10.2 Å². The topological polar surface area (TPSA) is 128 Å². The molecule has 0 saturated heterocycles. The highest BCUT2D eigenvalue weighted by Gasteiger charge is 2.23. The van der Waals surface area contributed by atoms with Crippen molar-refractivity contribution in [1.82, 2.24) is 0 Å². The number of fused-ring (bicyclic) bond motifs is 1. The number of hydrogen-bond acceptors (Lipinski definition) is 6. The molecule has 0 atom stereocenters. The molecule has 1 amide bonds. The van der Waals surface area contributed by atoms with Gasteiger partial charge in [-0.15, -0.1) is 10.2 Å². The molecule has 4 rings (SSSR count). The summed E-state index contributed by atoms with van der Waals surface area (Å²) < 4.78 is 28.2. The Morgan fingerprint density at radius 3 is 2.28 bits per heavy atom. The van der Waals surface area contributed by atoms with E-state index in [0.717, 1.165) is 0 Å². The fraction of sp³-hybridized carbons (Fsp3) is 0.0870. The molecule has 9 heteroatoms. The molecule has 0 unspecified atom stereocenters. The second-order valence-electron chi connectivity index (χ2n) is 7.07. The lowest BCUT2D eigenvalue weighted by atomic mass is 9.93. The molecule has 8 nitrogen and oxygen atoms in total. The Labute approximate surface area is 184 Å². The molecule has 0 aromatic heterocycles. The summed E-state index contributed by atoms with van der Waals surface area (Å²) in [7, 11) is -3.88. The van der Waals surface area contributed by atoms with E-state index in [2.05, 4.69) is 15.0 Å². The van der Waals surface area contributed by atoms with E-state index >= 15 is 0 Å². The van der Waals surface area contributed by atoms with Gasteiger partial charge in [0.25, 0.3) is 15.9 Å². The van der Waals surface area contributed by atoms with Crippen LogP contribution < -0.4 is 4.72 Å². The van der Waals surface area contributed by atoms with Crippen LogP contribution in [-0.4, -0.2) is 24.5 Å². The first kappa shape index (κ1) is 21.3. The Morgan fingerprint density at radius 2 is 1.56 bits per heavy atom. The number of aromatic hydroxyl groups is 2. The van der Waals surface area contributed by atoms with Gasteiger partial charge >= 0.3 is 0 Å². The second kappa shape index (κ2) is 8.64. The van der Waals surface area contributed by atoms with Crippen LogP contribution in [0.15, 0.2) is 87.9 Å². The number of anilines is 1. The van der Waals surface area contributed by atoms with E-state index in [0.29, 0.717) is 24.0 Å². The van der Waals surface area contributed by atoms with Crippen molar-refractivity contribution < 1.29 is 23.4 Å². The molecule has 3 aromatic carbocycles. The van der Waals surface area contributed by atoms with Gasteiger partial charge in [-0.2, -0.15) is 0 Å². The third-order valence-electron chi connectivity index (χ3n) is 4.99. The zero-order valence-electron chi connectivity index (χ0n) is 16.8. The van der Waals surface area contributed by atoms with Crippen molar-refractivity contribution in [3.05, 3.63) is 89.5 Å². The fourth-order valence-electron chi connectivity index (χ4n) is 3.39. The molecule has 0 heterocycles. The van der Waals surface area contributed by atoms with Crippen LogP contribution in [-0.2, 0) is 22.9 Å². The van der Waals surface area contributed by atoms with Gasteiger partial charge in [-0.25, -0.2) is 8.42 Å². The third kappa shape index (κ3) is 4.23. The number of carbonyl (C=O) groups excluding carboxylic acids is 1. The molecule has 0 saturated carbocycles. The summed E-state index contributed by atoms with van der Waals surface area (Å²) in [5.74, 6) is -1.22. The lowest BCUT2D eigenvalue weighted by Crippen LogP contribution is -2.15. The highest BCUT2D eigenvalue weighted by Crippen LogP contribution is 2.41. The number of hydrogen-bond donors (Lipinski definition) is 3. The summed E-state index contributed by atoms with van der Waals surface area (Å²) in [6.07, 6.45) is 4.53. The largest absolute Gasteiger partial charge is 0.507 e. The number of carbonyl (C=O) groups is 1. The number of sulfonamides is 1. The smallest absolute Gasteiger partial charge is 0.299 e. The molecule has 3 aromatic rings. The van der Waals surface area contributed by atoms with Crippen molar-refractivity contribution in [3.8, 4) is 11.5 Å². The summed E-state index contributed by atoms with van der Waals surface area (Å²) in [6.45, 7) is 0. The van der Waals surface area contributed by atoms with Crippen molar-refractivity contribution in [2.45, 2.75) is 17.7 Å². The van der Waals surface area contributed by atoms with Gasteiger partial charge in [0, 0.05) is 5.56 Å². The monoisotopic (exact) mass is 449 g/mol. The minimum absolute atomic E-state index is 0.0402. The molecule has 3 N–H and O–H groups in total. The van der Waals surface area contributed by atoms with Crippen molar-refractivity contribution in [3.63, 3.8) is 0 Å². The highest BCUT2D eigenvalue weighted by molar-refractivity contribution is 7.92. The number of para-hydroxylation sites is 1. The predicted molar refractivity (Wildman–Crippen MR) is 119 cm³/mol. The van der Waals surface area contributed by atoms with Gasteiger partial charge in [0.2, 0.25) is 0 Å². The van der Waals surface area contributed by atoms with Crippen LogP contribution in [0.5, 0.6) is 11.5 Å². The molecule has 0 spiro atoms. The summed E-state index contributed by atoms with van der Waals surface area (Å²) >= 11 is 0. The molecule has 0 bridgehead atoms. The maximum Gasteiger partial charge on any atom is 0.299 e. The maximum absolute atomic E-state index is 12.8. The summed E-state index contributed by atoms with van der Waals surface area (Å²) in [5, 5.41) is 28.0. The van der Waals surface area contributed by atoms with Gasteiger partial charge in [-0.1, -0.05) is 42.5 Å². The van der Waals surface area contributed by atoms with E-state index in [-0.39, 0.29) is 33.3 Å². The van der Waals surface area contributed by atoms with E-state index in [4.69, 9.17) is 0 Å². The molecule has 32 heavy (non-hydrogen) atoms. The summed E-state index contributed by atoms with van der Waals surface area (Å²) in [6, 6.07) is 15.1. The summed E-state index contributed by atoms with van der Waals surface area (Å²) in [4.78, 5) is 12.4. The van der Waals surface area contributed by atoms with Crippen molar-refractivity contribution in [2.75, 3.05) is 4.72 Å². The van der Waals surface area contributed by atoms with Crippen molar-refractivity contribution in [1.29, 1.82) is 0 Å². The molecule has 0 fully saturated rings. The minimum Gasteiger partial charge on any atom is -0.507 e. The van der Waals surface area contributed by atoms with E-state index in [1.165, 1.54) is 30.3 Å². The van der Waals surface area contributed by atoms with Gasteiger partial charge < -0.3 is 10.2 Å². The zero-order chi connectivity index (χ0) is 22.7. The van der Waals surface area contributed by atoms with Gasteiger partial charge in [0.05, 0.1) is 16.1 Å². The second-order valence-corrected chi connectivity index (χ2v) is 8.75. The maximum atomic E-state index is 12.8. The molecular formula is C23H19N3O5S. The van der Waals surface area contributed by atoms with Gasteiger partial charge in [0.15, 0.2) is 0 Å². The standard InChI is InChI=1S/C23H19N3O5S/c27-21-13-7-6-12-18(21)23(29)25-24-20-14-19(16-10-4-5-11-17(16)22(20)28)26-32(30,31)15-8-2-1-3-9-15/h1-9,12-14,26-28H,10-11H2. The number of azo groups is 1. The first-order valence-corrected chi connectivity index (χ1v) is 11.2. The predicted octanol–water partition coefficient (Wildman–Crippen LogP) is 4.48. The van der Waals surface area contributed by atoms with Crippen LogP contribution in [0.1, 0.15) is 21.5 Å². The third-order valence-corrected chi connectivity index (χ3v) is 6.37. The number of phenols is 2. The Bertz CT molecular complexity index is 1350. The van der Waals surface area contributed by atoms with E-state index in [1.54, 1.807) is 30.3 Å². The Balaban J connectivity index is 1.73. The van der Waals surface area contributed by atoms with Gasteiger partial charge in [-0.05, 0) is 48.7 Å². The van der Waals surface area contributed by atoms with E-state index < -0.39 is 15.9 Å². The lowest BCUT2D eigenvalue weighted by Gasteiger charge is -2.19. The number of amides is 1. The number of nitrogens with one attached hydrogen (secondary N) is 1. The zero-order valence-corrected chi connectivity index (χ0v) is 17.6. The van der Waals surface area contributed by atoms with Crippen LogP contribution in [0.2, 0.25) is 0 Å². The Hall–Kier alpha value is -3.98. The quantitative estimate of drug-likeness (QED) is 0.301. The minimum atomic E-state index is -3.88. The van der Waals surface area contributed by atoms with Crippen LogP contribution in [0.25, 0.3) is 0 Å². The molecule has 0 radical (unpaired) electrons.